The number of benzene rings is 1. The van der Waals surface area contributed by atoms with Crippen LogP contribution in [0.25, 0.3) is 5.69 Å². The summed E-state index contributed by atoms with van der Waals surface area (Å²) in [6, 6.07) is 9.57. The summed E-state index contributed by atoms with van der Waals surface area (Å²) in [4.78, 5) is 14.5. The van der Waals surface area contributed by atoms with E-state index in [-0.39, 0.29) is 11.3 Å². The van der Waals surface area contributed by atoms with E-state index < -0.39 is 0 Å². The Hall–Kier alpha value is -2.14. The van der Waals surface area contributed by atoms with Crippen LogP contribution in [0.15, 0.2) is 36.5 Å². The maximum Gasteiger partial charge on any atom is 0.253 e. The van der Waals surface area contributed by atoms with E-state index in [1.165, 1.54) is 0 Å². The van der Waals surface area contributed by atoms with Gasteiger partial charge in [-0.3, -0.25) is 4.79 Å². The first-order valence-corrected chi connectivity index (χ1v) is 7.63. The molecular weight excluding hydrogens is 276 g/mol. The zero-order valence-corrected chi connectivity index (χ0v) is 13.1. The SMILES string of the molecule is Cc1ccnn1-c1ccc(C(=O)N2CCC(C)(CN)C2)cc1. The van der Waals surface area contributed by atoms with E-state index in [0.717, 1.165) is 36.5 Å². The number of carbonyl (C=O) groups is 1. The molecule has 5 heteroatoms. The number of nitrogens with two attached hydrogens (primary N) is 1. The molecule has 1 amide bonds. The molecule has 0 bridgehead atoms. The Morgan fingerprint density at radius 3 is 2.59 bits per heavy atom. The van der Waals surface area contributed by atoms with Crippen molar-refractivity contribution in [3.63, 3.8) is 0 Å². The average Bonchev–Trinajstić information content (AvgIpc) is 3.14. The number of amides is 1. The molecule has 3 rings (SSSR count). The zero-order valence-electron chi connectivity index (χ0n) is 13.1. The summed E-state index contributed by atoms with van der Waals surface area (Å²) in [5.74, 6) is 0.0842. The lowest BCUT2D eigenvalue weighted by atomic mass is 9.90. The molecule has 22 heavy (non-hydrogen) atoms. The van der Waals surface area contributed by atoms with E-state index in [4.69, 9.17) is 5.73 Å². The van der Waals surface area contributed by atoms with Crippen molar-refractivity contribution in [2.45, 2.75) is 20.3 Å². The van der Waals surface area contributed by atoms with E-state index in [0.29, 0.717) is 6.54 Å². The fraction of sp³-hybridized carbons (Fsp3) is 0.412. The minimum atomic E-state index is 0.0573. The molecule has 116 valence electrons. The Labute approximate surface area is 130 Å². The normalized spacial score (nSPS) is 21.3. The van der Waals surface area contributed by atoms with Crippen molar-refractivity contribution < 1.29 is 4.79 Å². The lowest BCUT2D eigenvalue weighted by Gasteiger charge is -2.22. The number of hydrogen-bond acceptors (Lipinski definition) is 3. The monoisotopic (exact) mass is 298 g/mol. The van der Waals surface area contributed by atoms with Crippen LogP contribution >= 0.6 is 0 Å². The molecule has 1 unspecified atom stereocenters. The largest absolute Gasteiger partial charge is 0.338 e. The molecule has 2 heterocycles. The van der Waals surface area contributed by atoms with Crippen LogP contribution < -0.4 is 5.73 Å². The standard InChI is InChI=1S/C17H22N4O/c1-13-7-9-19-21(13)15-5-3-14(4-6-15)16(22)20-10-8-17(2,11-18)12-20/h3-7,9H,8,10-12,18H2,1-2H3. The van der Waals surface area contributed by atoms with Crippen molar-refractivity contribution in [1.82, 2.24) is 14.7 Å². The van der Waals surface area contributed by atoms with Gasteiger partial charge in [0.1, 0.15) is 0 Å². The van der Waals surface area contributed by atoms with Gasteiger partial charge < -0.3 is 10.6 Å². The third kappa shape index (κ3) is 2.64. The highest BCUT2D eigenvalue weighted by molar-refractivity contribution is 5.94. The molecule has 1 aromatic carbocycles. The second kappa shape index (κ2) is 5.57. The first kappa shape index (κ1) is 14.8. The molecule has 0 spiro atoms. The summed E-state index contributed by atoms with van der Waals surface area (Å²) in [7, 11) is 0. The molecule has 2 aromatic rings. The number of carbonyl (C=O) groups excluding carboxylic acids is 1. The van der Waals surface area contributed by atoms with Crippen LogP contribution in [0.3, 0.4) is 0 Å². The molecule has 1 aliphatic heterocycles. The molecule has 1 atom stereocenters. The number of likely N-dealkylation sites (tertiary alicyclic amines) is 1. The van der Waals surface area contributed by atoms with Gasteiger partial charge >= 0.3 is 0 Å². The first-order chi connectivity index (χ1) is 10.5. The van der Waals surface area contributed by atoms with Gasteiger partial charge in [0.15, 0.2) is 0 Å². The second-order valence-corrected chi connectivity index (χ2v) is 6.42. The third-order valence-electron chi connectivity index (χ3n) is 4.53. The third-order valence-corrected chi connectivity index (χ3v) is 4.53. The van der Waals surface area contributed by atoms with Crippen LogP contribution in [0.1, 0.15) is 29.4 Å². The van der Waals surface area contributed by atoms with Crippen LogP contribution in [-0.2, 0) is 0 Å². The van der Waals surface area contributed by atoms with E-state index in [9.17, 15) is 4.79 Å². The Morgan fingerprint density at radius 1 is 1.32 bits per heavy atom. The lowest BCUT2D eigenvalue weighted by molar-refractivity contribution is 0.0777. The predicted molar refractivity (Wildman–Crippen MR) is 86.0 cm³/mol. The highest BCUT2D eigenvalue weighted by atomic mass is 16.2. The molecule has 1 aromatic heterocycles. The number of rotatable bonds is 3. The molecule has 1 saturated heterocycles. The van der Waals surface area contributed by atoms with Crippen LogP contribution in [0.2, 0.25) is 0 Å². The topological polar surface area (TPSA) is 64.2 Å². The number of aryl methyl sites for hydroxylation is 1. The van der Waals surface area contributed by atoms with Crippen molar-refractivity contribution in [3.05, 3.63) is 47.8 Å². The highest BCUT2D eigenvalue weighted by Gasteiger charge is 2.35. The van der Waals surface area contributed by atoms with Crippen molar-refractivity contribution in [2.24, 2.45) is 11.1 Å². The lowest BCUT2D eigenvalue weighted by Crippen LogP contribution is -2.34. The van der Waals surface area contributed by atoms with Crippen LogP contribution in [0, 0.1) is 12.3 Å². The minimum Gasteiger partial charge on any atom is -0.338 e. The van der Waals surface area contributed by atoms with Crippen molar-refractivity contribution in [3.8, 4) is 5.69 Å². The maximum atomic E-state index is 12.6. The molecule has 2 N–H and O–H groups in total. The van der Waals surface area contributed by atoms with Crippen LogP contribution in [0.5, 0.6) is 0 Å². The fourth-order valence-corrected chi connectivity index (χ4v) is 2.93. The van der Waals surface area contributed by atoms with Gasteiger partial charge in [-0.25, -0.2) is 4.68 Å². The summed E-state index contributed by atoms with van der Waals surface area (Å²) in [5, 5.41) is 4.28. The van der Waals surface area contributed by atoms with E-state index in [1.807, 2.05) is 46.8 Å². The molecular formula is C17H22N4O. The number of nitrogens with zero attached hydrogens (tertiary/aromatic N) is 3. The summed E-state index contributed by atoms with van der Waals surface area (Å²) in [6.45, 7) is 6.29. The van der Waals surface area contributed by atoms with E-state index in [1.54, 1.807) is 6.20 Å². The minimum absolute atomic E-state index is 0.0573. The molecule has 0 saturated carbocycles. The van der Waals surface area contributed by atoms with Gasteiger partial charge in [-0.05, 0) is 55.6 Å². The Morgan fingerprint density at radius 2 is 2.05 bits per heavy atom. The summed E-state index contributed by atoms with van der Waals surface area (Å²) >= 11 is 0. The molecule has 1 fully saturated rings. The summed E-state index contributed by atoms with van der Waals surface area (Å²) < 4.78 is 1.86. The first-order valence-electron chi connectivity index (χ1n) is 7.63. The van der Waals surface area contributed by atoms with Gasteiger partial charge in [0.25, 0.3) is 5.91 Å². The van der Waals surface area contributed by atoms with Crippen molar-refractivity contribution in [2.75, 3.05) is 19.6 Å². The van der Waals surface area contributed by atoms with Crippen molar-refractivity contribution >= 4 is 5.91 Å². The van der Waals surface area contributed by atoms with E-state index >= 15 is 0 Å². The highest BCUT2D eigenvalue weighted by Crippen LogP contribution is 2.29. The number of hydrogen-bond donors (Lipinski definition) is 1. The van der Waals surface area contributed by atoms with Gasteiger partial charge in [0, 0.05) is 30.5 Å². The molecule has 0 radical (unpaired) electrons. The predicted octanol–water partition coefficient (Wildman–Crippen LogP) is 1.99. The molecule has 0 aliphatic carbocycles. The fourth-order valence-electron chi connectivity index (χ4n) is 2.93. The number of aromatic nitrogens is 2. The van der Waals surface area contributed by atoms with Gasteiger partial charge in [0.2, 0.25) is 0 Å². The van der Waals surface area contributed by atoms with E-state index in [2.05, 4.69) is 12.0 Å². The smallest absolute Gasteiger partial charge is 0.253 e. The maximum absolute atomic E-state index is 12.6. The Kier molecular flexibility index (Phi) is 3.74. The average molecular weight is 298 g/mol. The summed E-state index contributed by atoms with van der Waals surface area (Å²) in [6.07, 6.45) is 2.74. The van der Waals surface area contributed by atoms with Gasteiger partial charge in [-0.15, -0.1) is 0 Å². The Bertz CT molecular complexity index is 676. The molecule has 5 nitrogen and oxygen atoms in total. The second-order valence-electron chi connectivity index (χ2n) is 6.42. The summed E-state index contributed by atoms with van der Waals surface area (Å²) in [5.41, 5.74) is 8.62. The van der Waals surface area contributed by atoms with Crippen molar-refractivity contribution in [1.29, 1.82) is 0 Å². The van der Waals surface area contributed by atoms with Gasteiger partial charge in [-0.1, -0.05) is 6.92 Å². The quantitative estimate of drug-likeness (QED) is 0.942. The van der Waals surface area contributed by atoms with Crippen LogP contribution in [0.4, 0.5) is 0 Å². The van der Waals surface area contributed by atoms with Gasteiger partial charge in [0.05, 0.1) is 5.69 Å². The van der Waals surface area contributed by atoms with Crippen LogP contribution in [-0.4, -0.2) is 40.2 Å². The van der Waals surface area contributed by atoms with Gasteiger partial charge in [-0.2, -0.15) is 5.10 Å². The molecule has 1 aliphatic rings. The Balaban J connectivity index is 1.76. The zero-order chi connectivity index (χ0) is 15.7.